The van der Waals surface area contributed by atoms with Gasteiger partial charge >= 0.3 is 0 Å². The summed E-state index contributed by atoms with van der Waals surface area (Å²) in [6.45, 7) is 3.84. The Labute approximate surface area is 161 Å². The van der Waals surface area contributed by atoms with Gasteiger partial charge in [0.1, 0.15) is 22.0 Å². The first-order chi connectivity index (χ1) is 13.1. The Morgan fingerprint density at radius 2 is 1.70 bits per heavy atom. The average Bonchev–Trinajstić information content (AvgIpc) is 3.31. The van der Waals surface area contributed by atoms with Crippen LogP contribution in [0.1, 0.15) is 22.8 Å². The number of rotatable bonds is 4. The summed E-state index contributed by atoms with van der Waals surface area (Å²) in [5.74, 6) is 1.16. The van der Waals surface area contributed by atoms with Gasteiger partial charge in [-0.2, -0.15) is 0 Å². The van der Waals surface area contributed by atoms with E-state index in [1.807, 2.05) is 68.4 Å². The molecule has 2 aromatic carbocycles. The molecule has 0 saturated heterocycles. The van der Waals surface area contributed by atoms with Crippen molar-refractivity contribution in [2.24, 2.45) is 0 Å². The van der Waals surface area contributed by atoms with E-state index in [0.29, 0.717) is 27.9 Å². The maximum Gasteiger partial charge on any atom is 0.259 e. The molecular formula is C21H16ClN3O2. The van der Waals surface area contributed by atoms with Crippen LogP contribution in [0.4, 0.5) is 0 Å². The smallest absolute Gasteiger partial charge is 0.259 e. The van der Waals surface area contributed by atoms with Crippen LogP contribution in [0.15, 0.2) is 63.5 Å². The topological polar surface area (TPSA) is 65.0 Å². The SMILES string of the molecule is Cc1ccc(/C=C(\Cl)c2nnc(-c3c(-c4ccccc4)noc3C)o2)cc1. The molecule has 0 aliphatic rings. The van der Waals surface area contributed by atoms with Crippen LogP contribution in [0, 0.1) is 13.8 Å². The maximum absolute atomic E-state index is 6.38. The van der Waals surface area contributed by atoms with Crippen molar-refractivity contribution in [1.82, 2.24) is 15.4 Å². The zero-order valence-corrected chi connectivity index (χ0v) is 15.6. The van der Waals surface area contributed by atoms with Crippen LogP contribution in [-0.2, 0) is 0 Å². The van der Waals surface area contributed by atoms with Crippen molar-refractivity contribution >= 4 is 22.7 Å². The van der Waals surface area contributed by atoms with Crippen molar-refractivity contribution in [2.75, 3.05) is 0 Å². The van der Waals surface area contributed by atoms with Crippen molar-refractivity contribution in [3.63, 3.8) is 0 Å². The first-order valence-electron chi connectivity index (χ1n) is 8.41. The predicted octanol–water partition coefficient (Wildman–Crippen LogP) is 5.75. The first kappa shape index (κ1) is 17.2. The standard InChI is InChI=1S/C21H16ClN3O2/c1-13-8-10-15(11-9-13)12-17(22)20-23-24-21(26-20)18-14(2)27-25-19(18)16-6-4-3-5-7-16/h3-12H,1-2H3/b17-12-. The molecule has 0 amide bonds. The number of aryl methyl sites for hydroxylation is 2. The molecule has 0 aliphatic heterocycles. The Bertz CT molecular complexity index is 1100. The molecule has 0 spiro atoms. The van der Waals surface area contributed by atoms with E-state index in [2.05, 4.69) is 15.4 Å². The molecule has 0 N–H and O–H groups in total. The second-order valence-electron chi connectivity index (χ2n) is 6.14. The van der Waals surface area contributed by atoms with Crippen molar-refractivity contribution < 1.29 is 8.94 Å². The molecule has 0 bridgehead atoms. The lowest BCUT2D eigenvalue weighted by Gasteiger charge is -1.98. The Hall–Kier alpha value is -3.18. The summed E-state index contributed by atoms with van der Waals surface area (Å²) in [6.07, 6.45) is 1.79. The molecule has 0 atom stereocenters. The molecule has 27 heavy (non-hydrogen) atoms. The number of hydrogen-bond acceptors (Lipinski definition) is 5. The highest BCUT2D eigenvalue weighted by molar-refractivity contribution is 6.50. The van der Waals surface area contributed by atoms with E-state index in [9.17, 15) is 0 Å². The van der Waals surface area contributed by atoms with Crippen LogP contribution in [0.3, 0.4) is 0 Å². The molecule has 4 rings (SSSR count). The molecule has 2 heterocycles. The Morgan fingerprint density at radius 3 is 2.44 bits per heavy atom. The molecule has 0 saturated carbocycles. The van der Waals surface area contributed by atoms with Crippen LogP contribution in [0.5, 0.6) is 0 Å². The van der Waals surface area contributed by atoms with Crippen molar-refractivity contribution in [3.05, 3.63) is 77.4 Å². The fraction of sp³-hybridized carbons (Fsp3) is 0.0952. The highest BCUT2D eigenvalue weighted by Gasteiger charge is 2.22. The van der Waals surface area contributed by atoms with Gasteiger partial charge in [-0.1, -0.05) is 76.9 Å². The third-order valence-electron chi connectivity index (χ3n) is 4.12. The quantitative estimate of drug-likeness (QED) is 0.453. The summed E-state index contributed by atoms with van der Waals surface area (Å²) in [5, 5.41) is 12.7. The predicted molar refractivity (Wildman–Crippen MR) is 105 cm³/mol. The molecule has 0 unspecified atom stereocenters. The van der Waals surface area contributed by atoms with Crippen LogP contribution in [0.2, 0.25) is 0 Å². The molecule has 4 aromatic rings. The van der Waals surface area contributed by atoms with E-state index in [4.69, 9.17) is 20.5 Å². The third-order valence-corrected chi connectivity index (χ3v) is 4.39. The molecule has 6 heteroatoms. The minimum absolute atomic E-state index is 0.242. The number of nitrogens with zero attached hydrogens (tertiary/aromatic N) is 3. The van der Waals surface area contributed by atoms with Crippen LogP contribution < -0.4 is 0 Å². The fourth-order valence-electron chi connectivity index (χ4n) is 2.71. The Kier molecular flexibility index (Phi) is 4.60. The van der Waals surface area contributed by atoms with E-state index < -0.39 is 0 Å². The number of aromatic nitrogens is 3. The lowest BCUT2D eigenvalue weighted by molar-refractivity contribution is 0.399. The average molecular weight is 378 g/mol. The summed E-state index contributed by atoms with van der Waals surface area (Å²) < 4.78 is 11.2. The monoisotopic (exact) mass is 377 g/mol. The van der Waals surface area contributed by atoms with Gasteiger partial charge in [0.15, 0.2) is 0 Å². The second-order valence-corrected chi connectivity index (χ2v) is 6.55. The molecule has 0 radical (unpaired) electrons. The highest BCUT2D eigenvalue weighted by Crippen LogP contribution is 2.34. The zero-order valence-electron chi connectivity index (χ0n) is 14.8. The molecule has 134 valence electrons. The fourth-order valence-corrected chi connectivity index (χ4v) is 2.91. The first-order valence-corrected chi connectivity index (χ1v) is 8.79. The van der Waals surface area contributed by atoms with Crippen molar-refractivity contribution in [1.29, 1.82) is 0 Å². The van der Waals surface area contributed by atoms with Crippen LogP contribution in [0.25, 0.3) is 33.8 Å². The van der Waals surface area contributed by atoms with Gasteiger partial charge < -0.3 is 8.94 Å². The number of hydrogen-bond donors (Lipinski definition) is 0. The summed E-state index contributed by atoms with van der Waals surface area (Å²) in [7, 11) is 0. The van der Waals surface area contributed by atoms with Gasteiger partial charge in [-0.15, -0.1) is 10.2 Å². The minimum atomic E-state index is 0.242. The normalized spacial score (nSPS) is 11.7. The third kappa shape index (κ3) is 3.55. The van der Waals surface area contributed by atoms with Crippen LogP contribution >= 0.6 is 11.6 Å². The molecule has 0 fully saturated rings. The summed E-state index contributed by atoms with van der Waals surface area (Å²) in [4.78, 5) is 0. The summed E-state index contributed by atoms with van der Waals surface area (Å²) >= 11 is 6.38. The van der Waals surface area contributed by atoms with Crippen LogP contribution in [-0.4, -0.2) is 15.4 Å². The molecule has 0 aliphatic carbocycles. The zero-order chi connectivity index (χ0) is 18.8. The minimum Gasteiger partial charge on any atom is -0.415 e. The van der Waals surface area contributed by atoms with Gasteiger partial charge in [0.25, 0.3) is 11.8 Å². The molecule has 2 aromatic heterocycles. The lowest BCUT2D eigenvalue weighted by atomic mass is 10.1. The van der Waals surface area contributed by atoms with Gasteiger partial charge in [-0.25, -0.2) is 0 Å². The molecule has 5 nitrogen and oxygen atoms in total. The summed E-state index contributed by atoms with van der Waals surface area (Å²) in [5.41, 5.74) is 4.36. The Morgan fingerprint density at radius 1 is 0.963 bits per heavy atom. The Balaban J connectivity index is 1.69. The number of benzene rings is 2. The number of halogens is 1. The van der Waals surface area contributed by atoms with Gasteiger partial charge in [-0.05, 0) is 25.5 Å². The van der Waals surface area contributed by atoms with Crippen molar-refractivity contribution in [2.45, 2.75) is 13.8 Å². The van der Waals surface area contributed by atoms with Crippen molar-refractivity contribution in [3.8, 4) is 22.7 Å². The second kappa shape index (κ2) is 7.21. The van der Waals surface area contributed by atoms with Gasteiger partial charge in [0, 0.05) is 5.56 Å². The summed E-state index contributed by atoms with van der Waals surface area (Å²) in [6, 6.07) is 17.7. The van der Waals surface area contributed by atoms with E-state index in [1.165, 1.54) is 5.56 Å². The van der Waals surface area contributed by atoms with Gasteiger partial charge in [0.2, 0.25) is 0 Å². The highest BCUT2D eigenvalue weighted by atomic mass is 35.5. The maximum atomic E-state index is 6.38. The van der Waals surface area contributed by atoms with E-state index in [-0.39, 0.29) is 5.89 Å². The molecular weight excluding hydrogens is 362 g/mol. The largest absolute Gasteiger partial charge is 0.415 e. The van der Waals surface area contributed by atoms with Gasteiger partial charge in [-0.3, -0.25) is 0 Å². The van der Waals surface area contributed by atoms with E-state index >= 15 is 0 Å². The van der Waals surface area contributed by atoms with E-state index in [1.54, 1.807) is 6.08 Å². The van der Waals surface area contributed by atoms with E-state index in [0.717, 1.165) is 11.1 Å². The van der Waals surface area contributed by atoms with Gasteiger partial charge in [0.05, 0.1) is 0 Å². The lowest BCUT2D eigenvalue weighted by Crippen LogP contribution is -1.84.